The lowest BCUT2D eigenvalue weighted by Crippen LogP contribution is -2.38. The van der Waals surface area contributed by atoms with Gasteiger partial charge in [0.15, 0.2) is 0 Å². The molecule has 6 nitrogen and oxygen atoms in total. The number of carbonyl (C=O) groups is 2. The van der Waals surface area contributed by atoms with E-state index in [0.717, 1.165) is 16.9 Å². The second-order valence-electron chi connectivity index (χ2n) is 5.34. The number of thiophene rings is 1. The van der Waals surface area contributed by atoms with Crippen LogP contribution in [-0.4, -0.2) is 34.5 Å². The zero-order valence-electron chi connectivity index (χ0n) is 13.3. The van der Waals surface area contributed by atoms with Crippen molar-refractivity contribution in [3.8, 4) is 0 Å². The predicted molar refractivity (Wildman–Crippen MR) is 94.1 cm³/mol. The molecule has 3 aromatic rings. The number of fused-ring (bicyclic) bond motifs is 1. The number of benzene rings is 1. The predicted octanol–water partition coefficient (Wildman–Crippen LogP) is 1.95. The van der Waals surface area contributed by atoms with Gasteiger partial charge in [-0.2, -0.15) is 11.3 Å². The van der Waals surface area contributed by atoms with E-state index < -0.39 is 0 Å². The highest BCUT2D eigenvalue weighted by Crippen LogP contribution is 2.14. The third-order valence-electron chi connectivity index (χ3n) is 3.70. The van der Waals surface area contributed by atoms with Crippen molar-refractivity contribution in [3.63, 3.8) is 0 Å². The largest absolute Gasteiger partial charge is 0.353 e. The van der Waals surface area contributed by atoms with E-state index in [4.69, 9.17) is 0 Å². The zero-order valence-corrected chi connectivity index (χ0v) is 14.1. The van der Waals surface area contributed by atoms with E-state index in [9.17, 15) is 9.59 Å². The van der Waals surface area contributed by atoms with Crippen molar-refractivity contribution in [1.82, 2.24) is 20.2 Å². The minimum Gasteiger partial charge on any atom is -0.353 e. The molecule has 24 heavy (non-hydrogen) atoms. The van der Waals surface area contributed by atoms with E-state index in [0.29, 0.717) is 18.7 Å². The molecule has 0 aliphatic rings. The van der Waals surface area contributed by atoms with Gasteiger partial charge in [0.25, 0.3) is 5.91 Å². The van der Waals surface area contributed by atoms with Crippen molar-refractivity contribution in [2.45, 2.75) is 13.5 Å². The quantitative estimate of drug-likeness (QED) is 0.719. The first-order valence-corrected chi connectivity index (χ1v) is 8.58. The SMILES string of the molecule is Cc1nc2ccccc2n1CCNC(=O)CNC(=O)c1ccsc1. The molecule has 0 aliphatic carbocycles. The van der Waals surface area contributed by atoms with Crippen LogP contribution in [0.25, 0.3) is 11.0 Å². The topological polar surface area (TPSA) is 76.0 Å². The highest BCUT2D eigenvalue weighted by atomic mass is 32.1. The van der Waals surface area contributed by atoms with Crippen molar-refractivity contribution in [2.75, 3.05) is 13.1 Å². The first-order chi connectivity index (χ1) is 11.6. The normalized spacial score (nSPS) is 10.7. The molecule has 0 saturated heterocycles. The molecular formula is C17H18N4O2S. The van der Waals surface area contributed by atoms with Crippen LogP contribution >= 0.6 is 11.3 Å². The summed E-state index contributed by atoms with van der Waals surface area (Å²) in [5, 5.41) is 9.00. The average molecular weight is 342 g/mol. The second kappa shape index (κ2) is 7.27. The van der Waals surface area contributed by atoms with E-state index in [1.807, 2.05) is 36.6 Å². The van der Waals surface area contributed by atoms with Gasteiger partial charge in [0.2, 0.25) is 5.91 Å². The Morgan fingerprint density at radius 3 is 2.83 bits per heavy atom. The van der Waals surface area contributed by atoms with Gasteiger partial charge < -0.3 is 15.2 Å². The van der Waals surface area contributed by atoms with Gasteiger partial charge in [-0.25, -0.2) is 4.98 Å². The summed E-state index contributed by atoms with van der Waals surface area (Å²) >= 11 is 1.45. The minimum absolute atomic E-state index is 0.0294. The number of rotatable bonds is 6. The van der Waals surface area contributed by atoms with E-state index in [2.05, 4.69) is 20.2 Å². The van der Waals surface area contributed by atoms with Crippen LogP contribution in [0.2, 0.25) is 0 Å². The van der Waals surface area contributed by atoms with Crippen LogP contribution in [0.1, 0.15) is 16.2 Å². The van der Waals surface area contributed by atoms with Gasteiger partial charge in [0, 0.05) is 24.0 Å². The number of aromatic nitrogens is 2. The van der Waals surface area contributed by atoms with Gasteiger partial charge in [-0.05, 0) is 30.5 Å². The van der Waals surface area contributed by atoms with Gasteiger partial charge in [-0.15, -0.1) is 0 Å². The second-order valence-corrected chi connectivity index (χ2v) is 6.12. The molecule has 0 atom stereocenters. The lowest BCUT2D eigenvalue weighted by atomic mass is 10.3. The number of amides is 2. The molecule has 2 N–H and O–H groups in total. The molecule has 124 valence electrons. The molecule has 2 heterocycles. The van der Waals surface area contributed by atoms with Crippen LogP contribution in [-0.2, 0) is 11.3 Å². The van der Waals surface area contributed by atoms with Gasteiger partial charge in [0.1, 0.15) is 5.82 Å². The fourth-order valence-corrected chi connectivity index (χ4v) is 3.14. The molecule has 1 aromatic carbocycles. The maximum atomic E-state index is 11.8. The number of para-hydroxylation sites is 2. The number of nitrogens with zero attached hydrogens (tertiary/aromatic N) is 2. The molecule has 0 aliphatic heterocycles. The monoisotopic (exact) mass is 342 g/mol. The highest BCUT2D eigenvalue weighted by molar-refractivity contribution is 7.08. The summed E-state index contributed by atoms with van der Waals surface area (Å²) in [4.78, 5) is 28.1. The van der Waals surface area contributed by atoms with Crippen LogP contribution in [0.15, 0.2) is 41.1 Å². The Morgan fingerprint density at radius 2 is 2.04 bits per heavy atom. The molecule has 2 amide bonds. The lowest BCUT2D eigenvalue weighted by molar-refractivity contribution is -0.120. The van der Waals surface area contributed by atoms with E-state index in [1.54, 1.807) is 11.4 Å². The Morgan fingerprint density at radius 1 is 1.21 bits per heavy atom. The molecule has 2 aromatic heterocycles. The van der Waals surface area contributed by atoms with Crippen LogP contribution in [0.5, 0.6) is 0 Å². The molecule has 0 saturated carbocycles. The van der Waals surface area contributed by atoms with Crippen molar-refractivity contribution < 1.29 is 9.59 Å². The fourth-order valence-electron chi connectivity index (χ4n) is 2.50. The van der Waals surface area contributed by atoms with Gasteiger partial charge in [0.05, 0.1) is 17.6 Å². The standard InChI is InChI=1S/C17H18N4O2S/c1-12-20-14-4-2-3-5-15(14)21(12)8-7-18-16(22)10-19-17(23)13-6-9-24-11-13/h2-6,9,11H,7-8,10H2,1H3,(H,18,22)(H,19,23). The summed E-state index contributed by atoms with van der Waals surface area (Å²) in [5.41, 5.74) is 2.58. The zero-order chi connectivity index (χ0) is 16.9. The van der Waals surface area contributed by atoms with Crippen LogP contribution in [0, 0.1) is 6.92 Å². The Hall–Kier alpha value is -2.67. The Balaban J connectivity index is 1.48. The fraction of sp³-hybridized carbons (Fsp3) is 0.235. The highest BCUT2D eigenvalue weighted by Gasteiger charge is 2.09. The maximum absolute atomic E-state index is 11.8. The number of carbonyl (C=O) groups excluding carboxylic acids is 2. The summed E-state index contributed by atoms with van der Waals surface area (Å²) < 4.78 is 2.07. The van der Waals surface area contributed by atoms with E-state index in [1.165, 1.54) is 11.3 Å². The maximum Gasteiger partial charge on any atom is 0.252 e. The summed E-state index contributed by atoms with van der Waals surface area (Å²) in [6, 6.07) is 9.63. The third kappa shape index (κ3) is 3.62. The molecule has 0 bridgehead atoms. The smallest absolute Gasteiger partial charge is 0.252 e. The molecular weight excluding hydrogens is 324 g/mol. The molecule has 0 fully saturated rings. The van der Waals surface area contributed by atoms with Crippen molar-refractivity contribution in [3.05, 3.63) is 52.5 Å². The summed E-state index contributed by atoms with van der Waals surface area (Å²) in [6.45, 7) is 3.03. The Bertz CT molecular complexity index is 855. The van der Waals surface area contributed by atoms with E-state index in [-0.39, 0.29) is 18.4 Å². The Labute approximate surface area is 143 Å². The first-order valence-electron chi connectivity index (χ1n) is 7.64. The number of aryl methyl sites for hydroxylation is 1. The number of imidazole rings is 1. The molecule has 0 spiro atoms. The van der Waals surface area contributed by atoms with Gasteiger partial charge >= 0.3 is 0 Å². The van der Waals surface area contributed by atoms with Crippen molar-refractivity contribution >= 4 is 34.2 Å². The first kappa shape index (κ1) is 16.2. The van der Waals surface area contributed by atoms with Crippen LogP contribution in [0.3, 0.4) is 0 Å². The van der Waals surface area contributed by atoms with Gasteiger partial charge in [-0.1, -0.05) is 12.1 Å². The Kier molecular flexibility index (Phi) is 4.90. The number of hydrogen-bond donors (Lipinski definition) is 2. The molecule has 3 rings (SSSR count). The minimum atomic E-state index is -0.233. The molecule has 7 heteroatoms. The number of nitrogens with one attached hydrogen (secondary N) is 2. The van der Waals surface area contributed by atoms with Crippen LogP contribution < -0.4 is 10.6 Å². The van der Waals surface area contributed by atoms with Crippen LogP contribution in [0.4, 0.5) is 0 Å². The third-order valence-corrected chi connectivity index (χ3v) is 4.38. The lowest BCUT2D eigenvalue weighted by Gasteiger charge is -2.09. The summed E-state index contributed by atoms with van der Waals surface area (Å²) in [5.74, 6) is 0.472. The van der Waals surface area contributed by atoms with Crippen molar-refractivity contribution in [2.24, 2.45) is 0 Å². The van der Waals surface area contributed by atoms with Crippen molar-refractivity contribution in [1.29, 1.82) is 0 Å². The van der Waals surface area contributed by atoms with E-state index >= 15 is 0 Å². The summed E-state index contributed by atoms with van der Waals surface area (Å²) in [6.07, 6.45) is 0. The average Bonchev–Trinajstić information content (AvgIpc) is 3.21. The molecule has 0 unspecified atom stereocenters. The number of hydrogen-bond acceptors (Lipinski definition) is 4. The summed E-state index contributed by atoms with van der Waals surface area (Å²) in [7, 11) is 0. The van der Waals surface area contributed by atoms with Gasteiger partial charge in [-0.3, -0.25) is 9.59 Å². The molecule has 0 radical (unpaired) electrons.